The summed E-state index contributed by atoms with van der Waals surface area (Å²) in [4.78, 5) is 32.6. The minimum absolute atomic E-state index is 0.105. The number of hydrogen-bond acceptors (Lipinski definition) is 4. The fourth-order valence-corrected chi connectivity index (χ4v) is 5.24. The van der Waals surface area contributed by atoms with Crippen LogP contribution in [0.4, 0.5) is 0 Å². The number of carbonyl (C=O) groups is 2. The van der Waals surface area contributed by atoms with E-state index in [0.717, 1.165) is 22.0 Å². The Bertz CT molecular complexity index is 1310. The summed E-state index contributed by atoms with van der Waals surface area (Å²) < 4.78 is 0. The summed E-state index contributed by atoms with van der Waals surface area (Å²) in [6.07, 6.45) is 5.31. The van der Waals surface area contributed by atoms with Gasteiger partial charge >= 0.3 is 0 Å². The number of likely N-dealkylation sites (tertiary alicyclic amines) is 1. The van der Waals surface area contributed by atoms with Crippen molar-refractivity contribution in [2.24, 2.45) is 11.3 Å². The molecule has 2 N–H and O–H groups in total. The van der Waals surface area contributed by atoms with Crippen LogP contribution in [0.2, 0.25) is 5.02 Å². The van der Waals surface area contributed by atoms with Crippen LogP contribution in [0, 0.1) is 11.3 Å². The van der Waals surface area contributed by atoms with Crippen molar-refractivity contribution < 1.29 is 14.7 Å². The Morgan fingerprint density at radius 3 is 2.49 bits per heavy atom. The van der Waals surface area contributed by atoms with Gasteiger partial charge in [-0.1, -0.05) is 69.6 Å². The minimum atomic E-state index is -1.10. The quantitative estimate of drug-likeness (QED) is 0.439. The zero-order chi connectivity index (χ0) is 26.8. The standard InChI is InChI=1S/C30H34ClN3O3/c1-20(2)27(33-26(35)14-9-21-15-17-32-25-8-6-5-7-24(21)25)28(36)34-18-16-30(37,29(3,4)19-34)22-10-12-23(31)13-11-22/h5-15,17,20,27,37H,16,18-19H2,1-4H3,(H,33,35)/b14-9+/t27-,30+/m1/s1. The predicted molar refractivity (Wildman–Crippen MR) is 148 cm³/mol. The summed E-state index contributed by atoms with van der Waals surface area (Å²) in [6.45, 7) is 8.52. The van der Waals surface area contributed by atoms with E-state index in [2.05, 4.69) is 10.3 Å². The SMILES string of the molecule is CC(C)[C@@H](NC(=O)/C=C/c1ccnc2ccccc12)C(=O)N1CC[C@](O)(c2ccc(Cl)cc2)C(C)(C)C1. The normalized spacial score (nSPS) is 20.4. The molecule has 2 atom stereocenters. The number of carbonyl (C=O) groups excluding carboxylic acids is 2. The van der Waals surface area contributed by atoms with Crippen molar-refractivity contribution in [3.63, 3.8) is 0 Å². The van der Waals surface area contributed by atoms with Gasteiger partial charge in [0.05, 0.1) is 11.1 Å². The lowest BCUT2D eigenvalue weighted by Crippen LogP contribution is -2.60. The van der Waals surface area contributed by atoms with E-state index in [0.29, 0.717) is 24.5 Å². The van der Waals surface area contributed by atoms with Crippen molar-refractivity contribution in [1.29, 1.82) is 0 Å². The molecule has 3 aromatic rings. The highest BCUT2D eigenvalue weighted by Crippen LogP contribution is 2.46. The summed E-state index contributed by atoms with van der Waals surface area (Å²) >= 11 is 6.04. The maximum atomic E-state index is 13.6. The molecule has 2 aromatic carbocycles. The number of pyridine rings is 1. The summed E-state index contributed by atoms with van der Waals surface area (Å²) in [5, 5.41) is 16.1. The van der Waals surface area contributed by atoms with Crippen LogP contribution in [0.5, 0.6) is 0 Å². The average Bonchev–Trinajstić information content (AvgIpc) is 2.87. The van der Waals surface area contributed by atoms with Crippen molar-refractivity contribution in [2.75, 3.05) is 13.1 Å². The van der Waals surface area contributed by atoms with Gasteiger partial charge in [0.1, 0.15) is 6.04 Å². The highest BCUT2D eigenvalue weighted by atomic mass is 35.5. The molecule has 1 saturated heterocycles. The molecule has 1 aromatic heterocycles. The smallest absolute Gasteiger partial charge is 0.245 e. The molecular weight excluding hydrogens is 486 g/mol. The molecule has 0 bridgehead atoms. The number of para-hydroxylation sites is 1. The first kappa shape index (κ1) is 26.8. The molecule has 2 heterocycles. The molecule has 4 rings (SSSR count). The van der Waals surface area contributed by atoms with Crippen molar-refractivity contribution in [3.05, 3.63) is 83.0 Å². The Labute approximate surface area is 223 Å². The average molecular weight is 520 g/mol. The van der Waals surface area contributed by atoms with Gasteiger partial charge in [-0.25, -0.2) is 0 Å². The first-order valence-electron chi connectivity index (χ1n) is 12.6. The van der Waals surface area contributed by atoms with E-state index in [1.807, 2.05) is 70.2 Å². The van der Waals surface area contributed by atoms with Gasteiger partial charge in [-0.3, -0.25) is 14.6 Å². The fraction of sp³-hybridized carbons (Fsp3) is 0.367. The van der Waals surface area contributed by atoms with Gasteiger partial charge in [0.15, 0.2) is 0 Å². The molecule has 7 heteroatoms. The van der Waals surface area contributed by atoms with Crippen molar-refractivity contribution in [1.82, 2.24) is 15.2 Å². The van der Waals surface area contributed by atoms with E-state index < -0.39 is 17.1 Å². The molecule has 2 amide bonds. The van der Waals surface area contributed by atoms with Gasteiger partial charge in [-0.15, -0.1) is 0 Å². The Balaban J connectivity index is 1.47. The number of amides is 2. The number of nitrogens with zero attached hydrogens (tertiary/aromatic N) is 2. The second kappa shape index (κ2) is 10.6. The number of hydrogen-bond donors (Lipinski definition) is 2. The van der Waals surface area contributed by atoms with Crippen LogP contribution in [-0.4, -0.2) is 45.9 Å². The van der Waals surface area contributed by atoms with Gasteiger partial charge in [-0.2, -0.15) is 0 Å². The molecule has 0 unspecified atom stereocenters. The van der Waals surface area contributed by atoms with Crippen LogP contribution in [0.1, 0.15) is 45.2 Å². The van der Waals surface area contributed by atoms with E-state index in [-0.39, 0.29) is 17.7 Å². The number of aromatic nitrogens is 1. The number of fused-ring (bicyclic) bond motifs is 1. The van der Waals surface area contributed by atoms with Crippen molar-refractivity contribution in [2.45, 2.75) is 45.8 Å². The molecule has 0 saturated carbocycles. The lowest BCUT2D eigenvalue weighted by molar-refractivity contribution is -0.156. The topological polar surface area (TPSA) is 82.5 Å². The number of rotatable bonds is 6. The van der Waals surface area contributed by atoms with Crippen LogP contribution in [-0.2, 0) is 15.2 Å². The van der Waals surface area contributed by atoms with Gasteiger partial charge in [0, 0.05) is 41.2 Å². The molecule has 1 fully saturated rings. The first-order chi connectivity index (χ1) is 17.5. The van der Waals surface area contributed by atoms with E-state index in [1.54, 1.807) is 29.3 Å². The summed E-state index contributed by atoms with van der Waals surface area (Å²) in [7, 11) is 0. The van der Waals surface area contributed by atoms with E-state index in [9.17, 15) is 14.7 Å². The Morgan fingerprint density at radius 1 is 1.11 bits per heavy atom. The largest absolute Gasteiger partial charge is 0.384 e. The number of nitrogens with one attached hydrogen (secondary N) is 1. The molecule has 0 radical (unpaired) electrons. The Morgan fingerprint density at radius 2 is 1.81 bits per heavy atom. The molecule has 1 aliphatic heterocycles. The van der Waals surface area contributed by atoms with Gasteiger partial charge in [-0.05, 0) is 53.8 Å². The van der Waals surface area contributed by atoms with E-state index in [4.69, 9.17) is 11.6 Å². The van der Waals surface area contributed by atoms with E-state index >= 15 is 0 Å². The van der Waals surface area contributed by atoms with E-state index in [1.165, 1.54) is 6.08 Å². The predicted octanol–water partition coefficient (Wildman–Crippen LogP) is 5.19. The number of aliphatic hydroxyl groups is 1. The highest BCUT2D eigenvalue weighted by molar-refractivity contribution is 6.30. The second-order valence-corrected chi connectivity index (χ2v) is 11.2. The third-order valence-electron chi connectivity index (χ3n) is 7.41. The summed E-state index contributed by atoms with van der Waals surface area (Å²) in [5.41, 5.74) is 0.819. The molecule has 37 heavy (non-hydrogen) atoms. The fourth-order valence-electron chi connectivity index (χ4n) is 5.11. The molecule has 0 aliphatic carbocycles. The maximum absolute atomic E-state index is 13.6. The third-order valence-corrected chi connectivity index (χ3v) is 7.66. The first-order valence-corrected chi connectivity index (χ1v) is 13.0. The number of halogens is 1. The van der Waals surface area contributed by atoms with Crippen LogP contribution in [0.25, 0.3) is 17.0 Å². The maximum Gasteiger partial charge on any atom is 0.245 e. The molecule has 194 valence electrons. The zero-order valence-corrected chi connectivity index (χ0v) is 22.5. The number of benzene rings is 2. The minimum Gasteiger partial charge on any atom is -0.384 e. The van der Waals surface area contributed by atoms with Crippen LogP contribution in [0.15, 0.2) is 66.9 Å². The van der Waals surface area contributed by atoms with Crippen LogP contribution in [0.3, 0.4) is 0 Å². The lowest BCUT2D eigenvalue weighted by Gasteiger charge is -2.51. The molecule has 0 spiro atoms. The highest BCUT2D eigenvalue weighted by Gasteiger charge is 2.50. The summed E-state index contributed by atoms with van der Waals surface area (Å²) in [5.74, 6) is -0.578. The Hall–Kier alpha value is -3.22. The van der Waals surface area contributed by atoms with Gasteiger partial charge < -0.3 is 15.3 Å². The summed E-state index contributed by atoms with van der Waals surface area (Å²) in [6, 6.07) is 16.2. The molecular formula is C30H34ClN3O3. The third kappa shape index (κ3) is 5.55. The lowest BCUT2D eigenvalue weighted by atomic mass is 9.66. The number of piperidine rings is 1. The van der Waals surface area contributed by atoms with Gasteiger partial charge in [0.25, 0.3) is 0 Å². The Kier molecular flexibility index (Phi) is 7.72. The monoisotopic (exact) mass is 519 g/mol. The second-order valence-electron chi connectivity index (χ2n) is 10.7. The molecule has 1 aliphatic rings. The van der Waals surface area contributed by atoms with Crippen LogP contribution < -0.4 is 5.32 Å². The molecule has 6 nitrogen and oxygen atoms in total. The van der Waals surface area contributed by atoms with Gasteiger partial charge in [0.2, 0.25) is 11.8 Å². The zero-order valence-electron chi connectivity index (χ0n) is 21.7. The van der Waals surface area contributed by atoms with Crippen molar-refractivity contribution >= 4 is 40.4 Å². The van der Waals surface area contributed by atoms with Crippen molar-refractivity contribution in [3.8, 4) is 0 Å². The van der Waals surface area contributed by atoms with Crippen LogP contribution >= 0.6 is 11.6 Å².